The molecule has 0 aromatic heterocycles. The fourth-order valence-electron chi connectivity index (χ4n) is 4.10. The number of aliphatic carboxylic acids is 1. The van der Waals surface area contributed by atoms with Crippen LogP contribution in [0.2, 0.25) is 0 Å². The van der Waals surface area contributed by atoms with E-state index in [1.54, 1.807) is 6.92 Å². The third-order valence-electron chi connectivity index (χ3n) is 5.88. The molecule has 0 bridgehead atoms. The Hall–Kier alpha value is -2.47. The van der Waals surface area contributed by atoms with Gasteiger partial charge in [0.15, 0.2) is 0 Å². The fourth-order valence-corrected chi connectivity index (χ4v) is 6.13. The lowest BCUT2D eigenvalue weighted by molar-refractivity contribution is -0.148. The fraction of sp³-hybridized carbons (Fsp3) is 0.440. The van der Waals surface area contributed by atoms with Crippen LogP contribution in [0.1, 0.15) is 43.7 Å². The van der Waals surface area contributed by atoms with E-state index in [1.165, 1.54) is 10.5 Å². The van der Waals surface area contributed by atoms with Gasteiger partial charge in [0.1, 0.15) is 6.04 Å². The Morgan fingerprint density at radius 3 is 2.36 bits per heavy atom. The topological polar surface area (TPSA) is 95.9 Å². The predicted molar refractivity (Wildman–Crippen MR) is 128 cm³/mol. The first-order valence-electron chi connectivity index (χ1n) is 11.5. The highest BCUT2D eigenvalue weighted by atomic mass is 31.2. The Bertz CT molecular complexity index is 954. The summed E-state index contributed by atoms with van der Waals surface area (Å²) in [4.78, 5) is 25.8. The van der Waals surface area contributed by atoms with E-state index in [9.17, 15) is 19.3 Å². The molecule has 0 radical (unpaired) electrons. The molecule has 2 aromatic rings. The van der Waals surface area contributed by atoms with E-state index in [0.29, 0.717) is 32.0 Å². The van der Waals surface area contributed by atoms with Crippen LogP contribution >= 0.6 is 7.52 Å². The summed E-state index contributed by atoms with van der Waals surface area (Å²) in [5, 5.41) is 12.3. The molecule has 2 aromatic carbocycles. The molecule has 0 aliphatic carbocycles. The largest absolute Gasteiger partial charge is 0.480 e. The second-order valence-electron chi connectivity index (χ2n) is 8.48. The van der Waals surface area contributed by atoms with Crippen molar-refractivity contribution in [3.05, 3.63) is 71.8 Å². The molecule has 1 heterocycles. The van der Waals surface area contributed by atoms with E-state index < -0.39 is 25.6 Å². The van der Waals surface area contributed by atoms with Gasteiger partial charge >= 0.3 is 5.97 Å². The van der Waals surface area contributed by atoms with Crippen LogP contribution in [0.3, 0.4) is 0 Å². The number of carboxylic acid groups (broad SMARTS) is 1. The number of carboxylic acids is 1. The number of nitrogens with one attached hydrogen (secondary N) is 1. The summed E-state index contributed by atoms with van der Waals surface area (Å²) >= 11 is 0. The second kappa shape index (κ2) is 12.1. The Morgan fingerprint density at radius 1 is 1.09 bits per heavy atom. The minimum Gasteiger partial charge on any atom is -0.480 e. The lowest BCUT2D eigenvalue weighted by Crippen LogP contribution is -2.48. The third kappa shape index (κ3) is 7.53. The summed E-state index contributed by atoms with van der Waals surface area (Å²) in [6, 6.07) is 18.0. The molecular formula is C25H33N2O5P. The molecule has 1 aliphatic heterocycles. The lowest BCUT2D eigenvalue weighted by atomic mass is 10.1. The van der Waals surface area contributed by atoms with Gasteiger partial charge in [-0.3, -0.25) is 9.36 Å². The third-order valence-corrected chi connectivity index (χ3v) is 8.11. The van der Waals surface area contributed by atoms with Crippen molar-refractivity contribution < 1.29 is 23.8 Å². The minimum atomic E-state index is -3.34. The Balaban J connectivity index is 1.62. The highest BCUT2D eigenvalue weighted by Crippen LogP contribution is 2.45. The van der Waals surface area contributed by atoms with E-state index >= 15 is 0 Å². The van der Waals surface area contributed by atoms with Gasteiger partial charge in [-0.2, -0.15) is 0 Å². The molecule has 2 N–H and O–H groups in total. The number of benzene rings is 2. The molecule has 33 heavy (non-hydrogen) atoms. The SMILES string of the molecule is C[C@H](NP(=O)(CCCCc1ccccc1)OCc1ccccc1)C(=O)N1CCC[C@H]1C(=O)O. The van der Waals surface area contributed by atoms with Gasteiger partial charge in [0.25, 0.3) is 7.52 Å². The first-order chi connectivity index (χ1) is 15.9. The van der Waals surface area contributed by atoms with E-state index in [1.807, 2.05) is 48.5 Å². The maximum atomic E-state index is 13.7. The number of carbonyl (C=O) groups is 2. The first kappa shape index (κ1) is 25.2. The van der Waals surface area contributed by atoms with Crippen molar-refractivity contribution in [2.24, 2.45) is 0 Å². The smallest absolute Gasteiger partial charge is 0.326 e. The van der Waals surface area contributed by atoms with Gasteiger partial charge in [-0.1, -0.05) is 60.7 Å². The van der Waals surface area contributed by atoms with Crippen LogP contribution < -0.4 is 5.09 Å². The Kier molecular flexibility index (Phi) is 9.24. The summed E-state index contributed by atoms with van der Waals surface area (Å²) in [5.41, 5.74) is 2.12. The second-order valence-corrected chi connectivity index (χ2v) is 10.8. The molecule has 8 heteroatoms. The average molecular weight is 473 g/mol. The molecule has 178 valence electrons. The maximum Gasteiger partial charge on any atom is 0.326 e. The number of carbonyl (C=O) groups excluding carboxylic acids is 1. The number of aryl methyl sites for hydroxylation is 1. The van der Waals surface area contributed by atoms with Gasteiger partial charge in [0.05, 0.1) is 12.6 Å². The maximum absolute atomic E-state index is 13.7. The van der Waals surface area contributed by atoms with Crippen molar-refractivity contribution in [3.63, 3.8) is 0 Å². The van der Waals surface area contributed by atoms with E-state index in [-0.39, 0.29) is 12.5 Å². The highest BCUT2D eigenvalue weighted by molar-refractivity contribution is 7.56. The lowest BCUT2D eigenvalue weighted by Gasteiger charge is -2.28. The van der Waals surface area contributed by atoms with Gasteiger partial charge < -0.3 is 14.5 Å². The van der Waals surface area contributed by atoms with E-state index in [4.69, 9.17) is 4.52 Å². The predicted octanol–water partition coefficient (Wildman–Crippen LogP) is 4.47. The average Bonchev–Trinajstić information content (AvgIpc) is 3.32. The highest BCUT2D eigenvalue weighted by Gasteiger charge is 2.38. The number of hydrogen-bond donors (Lipinski definition) is 2. The monoisotopic (exact) mass is 472 g/mol. The van der Waals surface area contributed by atoms with Gasteiger partial charge in [-0.05, 0) is 50.2 Å². The Morgan fingerprint density at radius 2 is 1.73 bits per heavy atom. The summed E-state index contributed by atoms with van der Waals surface area (Å²) in [6.45, 7) is 2.20. The number of unbranched alkanes of at least 4 members (excludes halogenated alkanes) is 1. The van der Waals surface area contributed by atoms with Crippen LogP contribution in [-0.4, -0.2) is 46.7 Å². The number of likely N-dealkylation sites (tertiary alicyclic amines) is 1. The van der Waals surface area contributed by atoms with Crippen LogP contribution in [-0.2, 0) is 31.7 Å². The minimum absolute atomic E-state index is 0.173. The van der Waals surface area contributed by atoms with Crippen molar-refractivity contribution in [2.45, 2.75) is 57.7 Å². The standard InChI is InChI=1S/C25H33N2O5P/c1-20(24(28)27-17-10-16-23(27)25(29)30)26-33(31,32-19-22-14-6-3-7-15-22)18-9-8-13-21-11-4-2-5-12-21/h2-7,11-12,14-15,20,23H,8-10,13,16-19H2,1H3,(H,26,31)(H,29,30)/t20-,23-,33?/m0/s1. The molecule has 0 spiro atoms. The number of rotatable bonds is 12. The van der Waals surface area contributed by atoms with Crippen molar-refractivity contribution in [2.75, 3.05) is 12.7 Å². The van der Waals surface area contributed by atoms with Crippen molar-refractivity contribution in [1.82, 2.24) is 9.99 Å². The van der Waals surface area contributed by atoms with E-state index in [2.05, 4.69) is 17.2 Å². The normalized spacial score (nSPS) is 18.6. The van der Waals surface area contributed by atoms with Gasteiger partial charge in [0, 0.05) is 12.7 Å². The quantitative estimate of drug-likeness (QED) is 0.350. The van der Waals surface area contributed by atoms with Crippen molar-refractivity contribution >= 4 is 19.4 Å². The van der Waals surface area contributed by atoms with Crippen LogP contribution in [0.4, 0.5) is 0 Å². The summed E-state index contributed by atoms with van der Waals surface area (Å²) in [7, 11) is -3.34. The summed E-state index contributed by atoms with van der Waals surface area (Å²) in [6.07, 6.45) is 3.79. The van der Waals surface area contributed by atoms with Gasteiger partial charge in [-0.25, -0.2) is 9.88 Å². The molecule has 1 aliphatic rings. The molecule has 3 atom stereocenters. The number of amides is 1. The number of hydrogen-bond acceptors (Lipinski definition) is 4. The van der Waals surface area contributed by atoms with Crippen LogP contribution in [0, 0.1) is 0 Å². The van der Waals surface area contributed by atoms with Crippen molar-refractivity contribution in [1.29, 1.82) is 0 Å². The van der Waals surface area contributed by atoms with Crippen LogP contribution in [0.25, 0.3) is 0 Å². The molecular weight excluding hydrogens is 439 g/mol. The molecule has 3 rings (SSSR count). The molecule has 7 nitrogen and oxygen atoms in total. The molecule has 1 amide bonds. The zero-order valence-electron chi connectivity index (χ0n) is 19.1. The zero-order chi connectivity index (χ0) is 23.7. The molecule has 1 unspecified atom stereocenters. The molecule has 1 fully saturated rings. The molecule has 1 saturated heterocycles. The summed E-state index contributed by atoms with van der Waals surface area (Å²) < 4.78 is 19.6. The number of nitrogens with zero attached hydrogens (tertiary/aromatic N) is 1. The van der Waals surface area contributed by atoms with E-state index in [0.717, 1.165) is 18.4 Å². The Labute approximate surface area is 195 Å². The van der Waals surface area contributed by atoms with Gasteiger partial charge in [0.2, 0.25) is 5.91 Å². The van der Waals surface area contributed by atoms with Crippen LogP contribution in [0.5, 0.6) is 0 Å². The first-order valence-corrected chi connectivity index (χ1v) is 13.3. The molecule has 0 saturated carbocycles. The van der Waals surface area contributed by atoms with Crippen LogP contribution in [0.15, 0.2) is 60.7 Å². The van der Waals surface area contributed by atoms with Gasteiger partial charge in [-0.15, -0.1) is 0 Å². The summed E-state index contributed by atoms with van der Waals surface area (Å²) in [5.74, 6) is -1.36. The van der Waals surface area contributed by atoms with Crippen molar-refractivity contribution in [3.8, 4) is 0 Å². The zero-order valence-corrected chi connectivity index (χ0v) is 20.0.